The van der Waals surface area contributed by atoms with Crippen LogP contribution in [0.4, 0.5) is 5.69 Å². The molecule has 0 aliphatic carbocycles. The molecule has 2 N–H and O–H groups in total. The number of carbonyl (C=O) groups is 2. The Hall–Kier alpha value is -3.11. The minimum atomic E-state index is -0.476. The molecule has 136 valence electrons. The Morgan fingerprint density at radius 1 is 0.778 bits per heavy atom. The van der Waals surface area contributed by atoms with Gasteiger partial charge in [0.25, 0.3) is 0 Å². The molecule has 0 aliphatic rings. The van der Waals surface area contributed by atoms with Crippen molar-refractivity contribution in [1.82, 2.24) is 5.32 Å². The van der Waals surface area contributed by atoms with Crippen molar-refractivity contribution < 1.29 is 9.59 Å². The molecule has 3 rings (SSSR count). The molecule has 0 heterocycles. The zero-order valence-corrected chi connectivity index (χ0v) is 15.3. The minimum Gasteiger partial charge on any atom is -0.346 e. The lowest BCUT2D eigenvalue weighted by Crippen LogP contribution is -2.36. The van der Waals surface area contributed by atoms with Gasteiger partial charge in [-0.2, -0.15) is 0 Å². The molecule has 0 radical (unpaired) electrons. The second-order valence-electron chi connectivity index (χ2n) is 6.03. The van der Waals surface area contributed by atoms with Gasteiger partial charge < -0.3 is 10.6 Å². The predicted octanol–water partition coefficient (Wildman–Crippen LogP) is 4.23. The topological polar surface area (TPSA) is 58.2 Å². The van der Waals surface area contributed by atoms with E-state index in [9.17, 15) is 9.59 Å². The van der Waals surface area contributed by atoms with Crippen LogP contribution in [0.5, 0.6) is 0 Å². The number of carbonyl (C=O) groups excluding carboxylic acids is 2. The number of halogens is 1. The van der Waals surface area contributed by atoms with Gasteiger partial charge in [0.05, 0.1) is 12.5 Å². The molecule has 0 aromatic heterocycles. The molecule has 4 nitrogen and oxygen atoms in total. The van der Waals surface area contributed by atoms with Gasteiger partial charge in [-0.25, -0.2) is 0 Å². The molecule has 27 heavy (non-hydrogen) atoms. The van der Waals surface area contributed by atoms with E-state index in [1.165, 1.54) is 0 Å². The molecule has 0 atom stereocenters. The fraction of sp³-hybridized carbons (Fsp3) is 0.0909. The summed E-state index contributed by atoms with van der Waals surface area (Å²) < 4.78 is 0. The number of hydrogen-bond donors (Lipinski definition) is 2. The van der Waals surface area contributed by atoms with Gasteiger partial charge in [0.2, 0.25) is 11.8 Å². The molecular weight excluding hydrogens is 360 g/mol. The third kappa shape index (κ3) is 5.19. The monoisotopic (exact) mass is 378 g/mol. The summed E-state index contributed by atoms with van der Waals surface area (Å²) in [7, 11) is 0. The van der Waals surface area contributed by atoms with E-state index in [0.29, 0.717) is 10.7 Å². The van der Waals surface area contributed by atoms with Gasteiger partial charge in [-0.15, -0.1) is 0 Å². The van der Waals surface area contributed by atoms with Crippen molar-refractivity contribution in [2.45, 2.75) is 5.92 Å². The number of nitrogens with one attached hydrogen (secondary N) is 2. The van der Waals surface area contributed by atoms with E-state index < -0.39 is 5.92 Å². The first-order chi connectivity index (χ1) is 13.1. The maximum atomic E-state index is 12.8. The van der Waals surface area contributed by atoms with Crippen molar-refractivity contribution in [3.63, 3.8) is 0 Å². The van der Waals surface area contributed by atoms with Crippen molar-refractivity contribution in [2.75, 3.05) is 11.9 Å². The molecule has 0 unspecified atom stereocenters. The Kier molecular flexibility index (Phi) is 6.23. The highest BCUT2D eigenvalue weighted by molar-refractivity contribution is 6.30. The van der Waals surface area contributed by atoms with Gasteiger partial charge in [-0.1, -0.05) is 72.3 Å². The van der Waals surface area contributed by atoms with Crippen LogP contribution in [0.25, 0.3) is 0 Å². The van der Waals surface area contributed by atoms with E-state index >= 15 is 0 Å². The molecule has 3 aromatic rings. The maximum absolute atomic E-state index is 12.8. The lowest BCUT2D eigenvalue weighted by molar-refractivity contribution is -0.124. The second-order valence-corrected chi connectivity index (χ2v) is 6.46. The van der Waals surface area contributed by atoms with Crippen molar-refractivity contribution in [1.29, 1.82) is 0 Å². The van der Waals surface area contributed by atoms with E-state index in [1.807, 2.05) is 60.7 Å². The maximum Gasteiger partial charge on any atom is 0.243 e. The Labute approximate surface area is 163 Å². The summed E-state index contributed by atoms with van der Waals surface area (Å²) in [6.45, 7) is -0.113. The molecule has 2 amide bonds. The van der Waals surface area contributed by atoms with Crippen LogP contribution in [-0.2, 0) is 9.59 Å². The molecule has 0 saturated heterocycles. The largest absolute Gasteiger partial charge is 0.346 e. The average Bonchev–Trinajstić information content (AvgIpc) is 2.70. The van der Waals surface area contributed by atoms with E-state index in [2.05, 4.69) is 10.6 Å². The number of benzene rings is 3. The SMILES string of the molecule is O=C(CNC(=O)C(c1ccccc1)c1ccccc1)Nc1ccc(Cl)cc1. The van der Waals surface area contributed by atoms with Crippen LogP contribution in [0, 0.1) is 0 Å². The molecule has 3 aromatic carbocycles. The summed E-state index contributed by atoms with van der Waals surface area (Å²) in [4.78, 5) is 25.0. The van der Waals surface area contributed by atoms with Crippen LogP contribution >= 0.6 is 11.6 Å². The van der Waals surface area contributed by atoms with Crippen LogP contribution in [0.1, 0.15) is 17.0 Å². The summed E-state index contributed by atoms with van der Waals surface area (Å²) in [5, 5.41) is 6.06. The molecule has 0 bridgehead atoms. The highest BCUT2D eigenvalue weighted by Gasteiger charge is 2.22. The van der Waals surface area contributed by atoms with Crippen LogP contribution in [0.15, 0.2) is 84.9 Å². The molecular formula is C22H19ClN2O2. The molecule has 0 saturated carbocycles. The van der Waals surface area contributed by atoms with Crippen LogP contribution in [0.2, 0.25) is 5.02 Å². The third-order valence-corrected chi connectivity index (χ3v) is 4.33. The van der Waals surface area contributed by atoms with Crippen molar-refractivity contribution >= 4 is 29.1 Å². The lowest BCUT2D eigenvalue weighted by atomic mass is 9.90. The first-order valence-electron chi connectivity index (χ1n) is 8.56. The van der Waals surface area contributed by atoms with Crippen molar-refractivity contribution in [3.8, 4) is 0 Å². The van der Waals surface area contributed by atoms with Crippen LogP contribution < -0.4 is 10.6 Å². The molecule has 0 spiro atoms. The highest BCUT2D eigenvalue weighted by atomic mass is 35.5. The van der Waals surface area contributed by atoms with Gasteiger partial charge in [0.15, 0.2) is 0 Å². The summed E-state index contributed by atoms with van der Waals surface area (Å²) in [6.07, 6.45) is 0. The highest BCUT2D eigenvalue weighted by Crippen LogP contribution is 2.24. The standard InChI is InChI=1S/C22H19ClN2O2/c23-18-11-13-19(14-12-18)25-20(26)15-24-22(27)21(16-7-3-1-4-8-16)17-9-5-2-6-10-17/h1-14,21H,15H2,(H,24,27)(H,25,26). The van der Waals surface area contributed by atoms with E-state index in [1.54, 1.807) is 24.3 Å². The predicted molar refractivity (Wildman–Crippen MR) is 108 cm³/mol. The van der Waals surface area contributed by atoms with Gasteiger partial charge >= 0.3 is 0 Å². The summed E-state index contributed by atoms with van der Waals surface area (Å²) in [5.74, 6) is -1.00. The zero-order chi connectivity index (χ0) is 19.1. The first-order valence-corrected chi connectivity index (χ1v) is 8.94. The molecule has 0 aliphatic heterocycles. The Morgan fingerprint density at radius 2 is 1.30 bits per heavy atom. The summed E-state index contributed by atoms with van der Waals surface area (Å²) in [6, 6.07) is 25.8. The third-order valence-electron chi connectivity index (χ3n) is 4.08. The van der Waals surface area contributed by atoms with E-state index in [0.717, 1.165) is 11.1 Å². The number of hydrogen-bond acceptors (Lipinski definition) is 2. The number of rotatable bonds is 6. The van der Waals surface area contributed by atoms with E-state index in [-0.39, 0.29) is 18.4 Å². The Bertz CT molecular complexity index is 857. The summed E-state index contributed by atoms with van der Waals surface area (Å²) in [5.41, 5.74) is 2.37. The van der Waals surface area contributed by atoms with Gasteiger partial charge in [0.1, 0.15) is 0 Å². The van der Waals surface area contributed by atoms with Crippen LogP contribution in [-0.4, -0.2) is 18.4 Å². The average molecular weight is 379 g/mol. The summed E-state index contributed by atoms with van der Waals surface area (Å²) >= 11 is 5.83. The quantitative estimate of drug-likeness (QED) is 0.674. The van der Waals surface area contributed by atoms with Gasteiger partial charge in [-0.3, -0.25) is 9.59 Å². The van der Waals surface area contributed by atoms with Crippen molar-refractivity contribution in [2.24, 2.45) is 0 Å². The number of amides is 2. The fourth-order valence-electron chi connectivity index (χ4n) is 2.79. The van der Waals surface area contributed by atoms with Crippen LogP contribution in [0.3, 0.4) is 0 Å². The first kappa shape index (κ1) is 18.7. The zero-order valence-electron chi connectivity index (χ0n) is 14.6. The minimum absolute atomic E-state index is 0.113. The Morgan fingerprint density at radius 3 is 1.81 bits per heavy atom. The smallest absolute Gasteiger partial charge is 0.243 e. The molecule has 0 fully saturated rings. The van der Waals surface area contributed by atoms with Gasteiger partial charge in [-0.05, 0) is 35.4 Å². The van der Waals surface area contributed by atoms with Crippen molar-refractivity contribution in [3.05, 3.63) is 101 Å². The van der Waals surface area contributed by atoms with E-state index in [4.69, 9.17) is 11.6 Å². The lowest BCUT2D eigenvalue weighted by Gasteiger charge is -2.18. The second kappa shape index (κ2) is 9.01. The Balaban J connectivity index is 1.68. The fourth-order valence-corrected chi connectivity index (χ4v) is 2.92. The molecule has 5 heteroatoms. The number of anilines is 1. The van der Waals surface area contributed by atoms with Gasteiger partial charge in [0, 0.05) is 10.7 Å². The normalized spacial score (nSPS) is 10.4.